The molecule has 1 aliphatic rings. The van der Waals surface area contributed by atoms with Crippen molar-refractivity contribution in [3.8, 4) is 0 Å². The normalized spacial score (nSPS) is 17.3. The first kappa shape index (κ1) is 18.3. The van der Waals surface area contributed by atoms with Crippen LogP contribution in [-0.2, 0) is 4.74 Å². The van der Waals surface area contributed by atoms with E-state index in [9.17, 15) is 4.79 Å². The lowest BCUT2D eigenvalue weighted by Gasteiger charge is -2.35. The van der Waals surface area contributed by atoms with Gasteiger partial charge in [0.2, 0.25) is 0 Å². The van der Waals surface area contributed by atoms with Crippen LogP contribution in [0, 0.1) is 5.92 Å². The van der Waals surface area contributed by atoms with Crippen LogP contribution in [-0.4, -0.2) is 54.2 Å². The maximum atomic E-state index is 12.0. The molecular formula is C17H34N2O2. The molecule has 0 aliphatic carbocycles. The highest BCUT2D eigenvalue weighted by atomic mass is 16.6. The number of piperidine rings is 1. The zero-order valence-electron chi connectivity index (χ0n) is 14.7. The molecule has 0 unspecified atom stereocenters. The summed E-state index contributed by atoms with van der Waals surface area (Å²) in [6.07, 6.45) is 4.49. The number of hydrogen-bond donors (Lipinski definition) is 0. The Balaban J connectivity index is 2.35. The fourth-order valence-electron chi connectivity index (χ4n) is 2.92. The lowest BCUT2D eigenvalue weighted by atomic mass is 9.96. The van der Waals surface area contributed by atoms with Gasteiger partial charge in [-0.3, -0.25) is 0 Å². The summed E-state index contributed by atoms with van der Waals surface area (Å²) in [7, 11) is 0. The number of carbonyl (C=O) groups excluding carboxylic acids is 1. The van der Waals surface area contributed by atoms with Crippen molar-refractivity contribution in [2.75, 3.05) is 32.7 Å². The molecule has 0 spiro atoms. The Kier molecular flexibility index (Phi) is 7.50. The van der Waals surface area contributed by atoms with Crippen LogP contribution in [0.2, 0.25) is 0 Å². The van der Waals surface area contributed by atoms with E-state index in [2.05, 4.69) is 18.7 Å². The van der Waals surface area contributed by atoms with E-state index in [1.807, 2.05) is 25.7 Å². The molecule has 1 saturated heterocycles. The average Bonchev–Trinajstić information content (AvgIpc) is 2.38. The summed E-state index contributed by atoms with van der Waals surface area (Å²) in [4.78, 5) is 16.5. The van der Waals surface area contributed by atoms with Crippen LogP contribution in [0.4, 0.5) is 4.79 Å². The number of carbonyl (C=O) groups is 1. The summed E-state index contributed by atoms with van der Waals surface area (Å²) in [6, 6.07) is 0. The molecule has 21 heavy (non-hydrogen) atoms. The van der Waals surface area contributed by atoms with E-state index >= 15 is 0 Å². The molecule has 124 valence electrons. The van der Waals surface area contributed by atoms with Crippen LogP contribution in [0.25, 0.3) is 0 Å². The number of rotatable bonds is 6. The summed E-state index contributed by atoms with van der Waals surface area (Å²) in [5.74, 6) is 0.724. The van der Waals surface area contributed by atoms with Gasteiger partial charge in [0.15, 0.2) is 0 Å². The van der Waals surface area contributed by atoms with Crippen molar-refractivity contribution >= 4 is 6.09 Å². The Labute approximate surface area is 130 Å². The summed E-state index contributed by atoms with van der Waals surface area (Å²) in [5.41, 5.74) is -0.396. The second-order valence-corrected chi connectivity index (χ2v) is 7.21. The second-order valence-electron chi connectivity index (χ2n) is 7.21. The molecule has 0 atom stereocenters. The summed E-state index contributed by atoms with van der Waals surface area (Å²) < 4.78 is 5.45. The Morgan fingerprint density at radius 1 is 1.14 bits per heavy atom. The van der Waals surface area contributed by atoms with Gasteiger partial charge in [0.05, 0.1) is 0 Å². The first-order valence-electron chi connectivity index (χ1n) is 8.56. The minimum atomic E-state index is -0.396. The maximum Gasteiger partial charge on any atom is 0.410 e. The SMILES string of the molecule is CCCN(CCC)CC1CCN(C(=O)OC(C)(C)C)CC1. The Bertz CT molecular complexity index is 298. The largest absolute Gasteiger partial charge is 0.444 e. The van der Waals surface area contributed by atoms with Crippen LogP contribution in [0.1, 0.15) is 60.3 Å². The van der Waals surface area contributed by atoms with Crippen LogP contribution in [0.15, 0.2) is 0 Å². The molecule has 1 fully saturated rings. The predicted molar refractivity (Wildman–Crippen MR) is 87.6 cm³/mol. The summed E-state index contributed by atoms with van der Waals surface area (Å²) in [5, 5.41) is 0. The molecule has 0 N–H and O–H groups in total. The summed E-state index contributed by atoms with van der Waals surface area (Å²) >= 11 is 0. The molecule has 0 bridgehead atoms. The number of nitrogens with zero attached hydrogens (tertiary/aromatic N) is 2. The number of amides is 1. The molecule has 1 heterocycles. The van der Waals surface area contributed by atoms with Crippen LogP contribution in [0.5, 0.6) is 0 Å². The highest BCUT2D eigenvalue weighted by Crippen LogP contribution is 2.20. The van der Waals surface area contributed by atoms with E-state index < -0.39 is 5.60 Å². The van der Waals surface area contributed by atoms with Gasteiger partial charge in [-0.25, -0.2) is 4.79 Å². The Morgan fingerprint density at radius 3 is 2.10 bits per heavy atom. The molecule has 0 radical (unpaired) electrons. The zero-order valence-corrected chi connectivity index (χ0v) is 14.7. The smallest absolute Gasteiger partial charge is 0.410 e. The third-order valence-corrected chi connectivity index (χ3v) is 3.86. The van der Waals surface area contributed by atoms with Crippen LogP contribution in [0.3, 0.4) is 0 Å². The van der Waals surface area contributed by atoms with Crippen LogP contribution >= 0.6 is 0 Å². The third-order valence-electron chi connectivity index (χ3n) is 3.86. The van der Waals surface area contributed by atoms with Crippen molar-refractivity contribution in [2.24, 2.45) is 5.92 Å². The lowest BCUT2D eigenvalue weighted by molar-refractivity contribution is 0.0169. The molecule has 0 saturated carbocycles. The number of likely N-dealkylation sites (tertiary alicyclic amines) is 1. The lowest BCUT2D eigenvalue weighted by Crippen LogP contribution is -2.44. The van der Waals surface area contributed by atoms with Crippen molar-refractivity contribution in [3.63, 3.8) is 0 Å². The van der Waals surface area contributed by atoms with Crippen molar-refractivity contribution in [1.82, 2.24) is 9.80 Å². The highest BCUT2D eigenvalue weighted by Gasteiger charge is 2.27. The fraction of sp³-hybridized carbons (Fsp3) is 0.941. The first-order chi connectivity index (χ1) is 9.85. The average molecular weight is 298 g/mol. The molecular weight excluding hydrogens is 264 g/mol. The quantitative estimate of drug-likeness (QED) is 0.748. The van der Waals surface area contributed by atoms with Gasteiger partial charge in [-0.1, -0.05) is 13.8 Å². The van der Waals surface area contributed by atoms with Crippen LogP contribution < -0.4 is 0 Å². The van der Waals surface area contributed by atoms with E-state index in [0.717, 1.165) is 31.8 Å². The predicted octanol–water partition coefficient (Wildman–Crippen LogP) is 3.76. The van der Waals surface area contributed by atoms with Gasteiger partial charge in [-0.15, -0.1) is 0 Å². The number of hydrogen-bond acceptors (Lipinski definition) is 3. The monoisotopic (exact) mass is 298 g/mol. The van der Waals surface area contributed by atoms with Gasteiger partial charge in [-0.2, -0.15) is 0 Å². The first-order valence-corrected chi connectivity index (χ1v) is 8.56. The molecule has 0 aromatic rings. The Hall–Kier alpha value is -0.770. The molecule has 1 rings (SSSR count). The topological polar surface area (TPSA) is 32.8 Å². The molecule has 1 amide bonds. The van der Waals surface area contributed by atoms with Gasteiger partial charge < -0.3 is 14.5 Å². The third kappa shape index (κ3) is 7.16. The van der Waals surface area contributed by atoms with Gasteiger partial charge in [0.25, 0.3) is 0 Å². The van der Waals surface area contributed by atoms with E-state index in [1.54, 1.807) is 0 Å². The zero-order chi connectivity index (χ0) is 15.9. The minimum Gasteiger partial charge on any atom is -0.444 e. The number of ether oxygens (including phenoxy) is 1. The Morgan fingerprint density at radius 2 is 1.67 bits per heavy atom. The second kappa shape index (κ2) is 8.62. The molecule has 0 aromatic heterocycles. The van der Waals surface area contributed by atoms with Crippen molar-refractivity contribution < 1.29 is 9.53 Å². The maximum absolute atomic E-state index is 12.0. The fourth-order valence-corrected chi connectivity index (χ4v) is 2.92. The van der Waals surface area contributed by atoms with E-state index in [1.165, 1.54) is 32.5 Å². The van der Waals surface area contributed by atoms with Crippen molar-refractivity contribution in [1.29, 1.82) is 0 Å². The van der Waals surface area contributed by atoms with Gasteiger partial charge in [-0.05, 0) is 65.5 Å². The molecule has 0 aromatic carbocycles. The molecule has 4 heteroatoms. The van der Waals surface area contributed by atoms with Gasteiger partial charge in [0.1, 0.15) is 5.60 Å². The standard InChI is InChI=1S/C17H34N2O2/c1-6-10-18(11-7-2)14-15-8-12-19(13-9-15)16(20)21-17(3,4)5/h15H,6-14H2,1-5H3. The summed E-state index contributed by atoms with van der Waals surface area (Å²) in [6.45, 7) is 15.5. The van der Waals surface area contributed by atoms with Gasteiger partial charge >= 0.3 is 6.09 Å². The highest BCUT2D eigenvalue weighted by molar-refractivity contribution is 5.68. The van der Waals surface area contributed by atoms with E-state index in [0.29, 0.717) is 0 Å². The molecule has 1 aliphatic heterocycles. The van der Waals surface area contributed by atoms with E-state index in [-0.39, 0.29) is 6.09 Å². The minimum absolute atomic E-state index is 0.153. The van der Waals surface area contributed by atoms with Crippen molar-refractivity contribution in [2.45, 2.75) is 65.9 Å². The van der Waals surface area contributed by atoms with Crippen molar-refractivity contribution in [3.05, 3.63) is 0 Å². The van der Waals surface area contributed by atoms with Gasteiger partial charge in [0, 0.05) is 19.6 Å². The van der Waals surface area contributed by atoms with E-state index in [4.69, 9.17) is 4.74 Å². The molecule has 4 nitrogen and oxygen atoms in total.